The normalized spacial score (nSPS) is 38.6. The van der Waals surface area contributed by atoms with E-state index in [-0.39, 0.29) is 17.4 Å². The average Bonchev–Trinajstić information content (AvgIpc) is 2.97. The number of allylic oxidation sites excluding steroid dienone is 1. The van der Waals surface area contributed by atoms with Gasteiger partial charge in [0.2, 0.25) is 17.8 Å². The predicted octanol–water partition coefficient (Wildman–Crippen LogP) is 3.40. The molecule has 2 bridgehead atoms. The van der Waals surface area contributed by atoms with Crippen molar-refractivity contribution in [3.8, 4) is 0 Å². The number of ether oxygens (including phenoxy) is 4. The van der Waals surface area contributed by atoms with Crippen LogP contribution in [0.2, 0.25) is 0 Å². The van der Waals surface area contributed by atoms with E-state index in [2.05, 4.69) is 9.47 Å². The van der Waals surface area contributed by atoms with Gasteiger partial charge in [0.05, 0.1) is 14.2 Å². The Labute approximate surface area is 183 Å². The van der Waals surface area contributed by atoms with Gasteiger partial charge in [-0.2, -0.15) is 13.2 Å². The van der Waals surface area contributed by atoms with Crippen LogP contribution in [0.25, 0.3) is 0 Å². The number of carbonyl (C=O) groups excluding carboxylic acids is 2. The zero-order chi connectivity index (χ0) is 23.5. The average molecular weight is 464 g/mol. The smallest absolute Gasteiger partial charge is 0.448 e. The minimum absolute atomic E-state index is 0.121. The second kappa shape index (κ2) is 7.88. The number of alkyl halides is 3. The van der Waals surface area contributed by atoms with Crippen LogP contribution in [0.3, 0.4) is 0 Å². The van der Waals surface area contributed by atoms with Crippen molar-refractivity contribution >= 4 is 11.9 Å². The van der Waals surface area contributed by atoms with Crippen LogP contribution >= 0.6 is 0 Å². The highest BCUT2D eigenvalue weighted by atomic mass is 19.4. The van der Waals surface area contributed by atoms with Gasteiger partial charge in [0.15, 0.2) is 11.5 Å². The summed E-state index contributed by atoms with van der Waals surface area (Å²) in [5.41, 5.74) is -1.56. The van der Waals surface area contributed by atoms with E-state index in [0.717, 1.165) is 14.2 Å². The molecule has 3 saturated heterocycles. The first kappa shape index (κ1) is 23.3. The highest BCUT2D eigenvalue weighted by Crippen LogP contribution is 2.62. The zero-order valence-electron chi connectivity index (χ0n) is 18.3. The van der Waals surface area contributed by atoms with E-state index in [4.69, 9.17) is 19.2 Å². The predicted molar refractivity (Wildman–Crippen MR) is 99.1 cm³/mol. The molecule has 0 aromatic rings. The molecule has 1 spiro atoms. The van der Waals surface area contributed by atoms with Crippen molar-refractivity contribution in [3.05, 3.63) is 11.3 Å². The maximum Gasteiger partial charge on any atom is 0.448 e. The van der Waals surface area contributed by atoms with Crippen molar-refractivity contribution in [1.29, 1.82) is 0 Å². The maximum atomic E-state index is 14.2. The first-order valence-corrected chi connectivity index (χ1v) is 10.6. The van der Waals surface area contributed by atoms with Gasteiger partial charge in [-0.05, 0) is 44.1 Å². The SMILES string of the molecule is COC(=O)C(CC1=C(C(F)(F)F)O[C@@H]2OC3(C)CC[C@H]4[C@H](C)CC[C@@H]1C24OO3)C(=O)OC. The number of methoxy groups -OCH3 is 2. The van der Waals surface area contributed by atoms with E-state index >= 15 is 0 Å². The van der Waals surface area contributed by atoms with Crippen LogP contribution < -0.4 is 0 Å². The molecule has 6 atom stereocenters. The van der Waals surface area contributed by atoms with Gasteiger partial charge in [-0.15, -0.1) is 0 Å². The Morgan fingerprint density at radius 1 is 1.12 bits per heavy atom. The van der Waals surface area contributed by atoms with Gasteiger partial charge in [0.25, 0.3) is 0 Å². The van der Waals surface area contributed by atoms with Gasteiger partial charge < -0.3 is 18.9 Å². The molecule has 11 heteroatoms. The summed E-state index contributed by atoms with van der Waals surface area (Å²) in [4.78, 5) is 36.0. The Bertz CT molecular complexity index is 810. The van der Waals surface area contributed by atoms with Crippen LogP contribution in [-0.2, 0) is 38.3 Å². The molecule has 4 heterocycles. The number of hydrogen-bond donors (Lipinski definition) is 0. The van der Waals surface area contributed by atoms with Crippen LogP contribution in [0.4, 0.5) is 13.2 Å². The van der Waals surface area contributed by atoms with Crippen LogP contribution in [0.15, 0.2) is 11.3 Å². The molecule has 0 radical (unpaired) electrons. The molecule has 0 aromatic heterocycles. The second-order valence-electron chi connectivity index (χ2n) is 9.13. The summed E-state index contributed by atoms with van der Waals surface area (Å²) in [6.07, 6.45) is -4.78. The van der Waals surface area contributed by atoms with Crippen molar-refractivity contribution in [2.24, 2.45) is 23.7 Å². The molecule has 1 saturated carbocycles. The summed E-state index contributed by atoms with van der Waals surface area (Å²) in [6, 6.07) is 0. The third-order valence-corrected chi connectivity index (χ3v) is 7.31. The topological polar surface area (TPSA) is 89.5 Å². The summed E-state index contributed by atoms with van der Waals surface area (Å²) < 4.78 is 63.2. The Kier molecular flexibility index (Phi) is 5.74. The summed E-state index contributed by atoms with van der Waals surface area (Å²) in [7, 11) is 2.11. The Balaban J connectivity index is 1.85. The third kappa shape index (κ3) is 3.49. The summed E-state index contributed by atoms with van der Waals surface area (Å²) in [6.45, 7) is 3.63. The van der Waals surface area contributed by atoms with Crippen molar-refractivity contribution in [2.45, 2.75) is 69.8 Å². The van der Waals surface area contributed by atoms with E-state index in [1.807, 2.05) is 6.92 Å². The maximum absolute atomic E-state index is 14.2. The first-order valence-electron chi connectivity index (χ1n) is 10.6. The molecular weight excluding hydrogens is 437 g/mol. The summed E-state index contributed by atoms with van der Waals surface area (Å²) in [5.74, 6) is -6.96. The molecule has 5 aliphatic rings. The molecule has 0 N–H and O–H groups in total. The minimum atomic E-state index is -4.87. The van der Waals surface area contributed by atoms with Crippen molar-refractivity contribution < 1.29 is 51.5 Å². The number of hydrogen-bond acceptors (Lipinski definition) is 8. The number of esters is 2. The number of carbonyl (C=O) groups is 2. The van der Waals surface area contributed by atoms with Gasteiger partial charge in [-0.25, -0.2) is 9.78 Å². The Hall–Kier alpha value is -1.85. The fraction of sp³-hybridized carbons (Fsp3) is 0.810. The second-order valence-corrected chi connectivity index (χ2v) is 9.13. The molecule has 180 valence electrons. The van der Waals surface area contributed by atoms with Gasteiger partial charge in [0.1, 0.15) is 0 Å². The lowest BCUT2D eigenvalue weighted by atomic mass is 9.58. The number of halogens is 3. The standard InChI is InChI=1S/C21H27F3O8/c1-10-5-6-14-11(9-12(16(25)27-3)17(26)28-4)15(21(22,23)24)29-18-20(14)13(10)7-8-19(2,30-18)31-32-20/h10,12-14,18H,5-9H2,1-4H3/t10-,13+,14+,18-,19?,20?/m1/s1. The van der Waals surface area contributed by atoms with Gasteiger partial charge in [-0.1, -0.05) is 6.92 Å². The number of fused-ring (bicyclic) bond motifs is 2. The molecule has 8 nitrogen and oxygen atoms in total. The first-order chi connectivity index (χ1) is 15.0. The van der Waals surface area contributed by atoms with Crippen molar-refractivity contribution in [1.82, 2.24) is 0 Å². The summed E-state index contributed by atoms with van der Waals surface area (Å²) in [5, 5.41) is 0. The minimum Gasteiger partial charge on any atom is -0.468 e. The number of rotatable bonds is 4. The van der Waals surface area contributed by atoms with Gasteiger partial charge in [-0.3, -0.25) is 9.59 Å². The van der Waals surface area contributed by atoms with Gasteiger partial charge in [0, 0.05) is 18.3 Å². The summed E-state index contributed by atoms with van der Waals surface area (Å²) >= 11 is 0. The molecule has 32 heavy (non-hydrogen) atoms. The Morgan fingerprint density at radius 2 is 1.78 bits per heavy atom. The van der Waals surface area contributed by atoms with Crippen molar-refractivity contribution in [3.63, 3.8) is 0 Å². The van der Waals surface area contributed by atoms with E-state index in [1.54, 1.807) is 6.92 Å². The highest BCUT2D eigenvalue weighted by Gasteiger charge is 2.70. The van der Waals surface area contributed by atoms with Crippen LogP contribution in [0, 0.1) is 23.7 Å². The van der Waals surface area contributed by atoms with E-state index in [0.29, 0.717) is 25.7 Å². The lowest BCUT2D eigenvalue weighted by molar-refractivity contribution is -0.557. The monoisotopic (exact) mass is 464 g/mol. The quantitative estimate of drug-likeness (QED) is 0.355. The van der Waals surface area contributed by atoms with E-state index < -0.39 is 59.8 Å². The van der Waals surface area contributed by atoms with Crippen molar-refractivity contribution in [2.75, 3.05) is 14.2 Å². The van der Waals surface area contributed by atoms with E-state index in [9.17, 15) is 22.8 Å². The molecule has 4 fully saturated rings. The molecule has 1 aliphatic carbocycles. The molecule has 0 aromatic carbocycles. The Morgan fingerprint density at radius 3 is 2.38 bits per heavy atom. The molecular formula is C21H27F3O8. The van der Waals surface area contributed by atoms with E-state index in [1.165, 1.54) is 0 Å². The fourth-order valence-electron chi connectivity index (χ4n) is 5.74. The van der Waals surface area contributed by atoms with Crippen LogP contribution in [-0.4, -0.2) is 50.0 Å². The molecule has 4 aliphatic heterocycles. The lowest BCUT2D eigenvalue weighted by Crippen LogP contribution is -2.67. The lowest BCUT2D eigenvalue weighted by Gasteiger charge is -2.57. The third-order valence-electron chi connectivity index (χ3n) is 7.31. The highest BCUT2D eigenvalue weighted by molar-refractivity contribution is 5.95. The fourth-order valence-corrected chi connectivity index (χ4v) is 5.74. The zero-order valence-corrected chi connectivity index (χ0v) is 18.3. The molecule has 2 unspecified atom stereocenters. The van der Waals surface area contributed by atoms with Crippen LogP contribution in [0.5, 0.6) is 0 Å². The largest absolute Gasteiger partial charge is 0.468 e. The van der Waals surface area contributed by atoms with Gasteiger partial charge >= 0.3 is 18.1 Å². The molecule has 0 amide bonds. The molecule has 5 rings (SSSR count). The van der Waals surface area contributed by atoms with Crippen LogP contribution in [0.1, 0.15) is 46.0 Å².